The van der Waals surface area contributed by atoms with E-state index in [2.05, 4.69) is 22.5 Å². The molecule has 8 nitrogen and oxygen atoms in total. The topological polar surface area (TPSA) is 91.4 Å². The van der Waals surface area contributed by atoms with Gasteiger partial charge in [-0.15, -0.1) is 0 Å². The number of amides is 1. The van der Waals surface area contributed by atoms with E-state index in [1.165, 1.54) is 18.9 Å². The minimum Gasteiger partial charge on any atom is -0.497 e. The summed E-state index contributed by atoms with van der Waals surface area (Å²) in [5.41, 5.74) is 1.07. The molecule has 1 fully saturated rings. The van der Waals surface area contributed by atoms with Gasteiger partial charge in [0, 0.05) is 31.7 Å². The number of β-lactam (4-membered cyclic amide) rings is 1. The van der Waals surface area contributed by atoms with Gasteiger partial charge in [-0.05, 0) is 28.7 Å². The standard InChI is InChI=1S/C25H26BrNO7/c1-15(26)14-20(34-25(30)22(33-16(2)28)17-8-6-5-7-9-17)21-23(32-4)24(29)27(21)18-10-12-19(31-3)13-11-18/h5-13,20-23H,1,14H2,2-4H3/t20-,21+,22+,23-/m1/s1. The highest BCUT2D eigenvalue weighted by atomic mass is 79.9. The summed E-state index contributed by atoms with van der Waals surface area (Å²) < 4.78 is 22.3. The third kappa shape index (κ3) is 5.66. The number of hydrogen-bond acceptors (Lipinski definition) is 7. The highest BCUT2D eigenvalue weighted by Crippen LogP contribution is 2.36. The number of hydrogen-bond donors (Lipinski definition) is 0. The molecular weight excluding hydrogens is 506 g/mol. The first kappa shape index (κ1) is 25.5. The Bertz CT molecular complexity index is 1040. The molecule has 0 bridgehead atoms. The van der Waals surface area contributed by atoms with Gasteiger partial charge in [0.15, 0.2) is 6.10 Å². The molecule has 0 aliphatic carbocycles. The van der Waals surface area contributed by atoms with Gasteiger partial charge in [0.2, 0.25) is 6.10 Å². The SMILES string of the molecule is C=C(Br)C[C@@H](OC(=O)[C@@H](OC(C)=O)c1ccccc1)[C@H]1[C@@H](OC)C(=O)N1c1ccc(OC)cc1. The summed E-state index contributed by atoms with van der Waals surface area (Å²) >= 11 is 3.33. The predicted molar refractivity (Wildman–Crippen MR) is 129 cm³/mol. The van der Waals surface area contributed by atoms with Crippen molar-refractivity contribution in [2.24, 2.45) is 0 Å². The smallest absolute Gasteiger partial charge is 0.352 e. The van der Waals surface area contributed by atoms with Crippen molar-refractivity contribution in [3.8, 4) is 5.75 Å². The summed E-state index contributed by atoms with van der Waals surface area (Å²) in [6.07, 6.45) is -2.70. The summed E-state index contributed by atoms with van der Waals surface area (Å²) in [7, 11) is 2.98. The fourth-order valence-electron chi connectivity index (χ4n) is 3.83. The van der Waals surface area contributed by atoms with Gasteiger partial charge in [0.1, 0.15) is 17.9 Å². The molecule has 4 atom stereocenters. The number of methoxy groups -OCH3 is 2. The molecular formula is C25H26BrNO7. The lowest BCUT2D eigenvalue weighted by atomic mass is 9.89. The normalized spacial score (nSPS) is 18.9. The summed E-state index contributed by atoms with van der Waals surface area (Å²) in [5.74, 6) is -1.01. The summed E-state index contributed by atoms with van der Waals surface area (Å²) in [4.78, 5) is 39.3. The minimum absolute atomic E-state index is 0.206. The Morgan fingerprint density at radius 1 is 1.06 bits per heavy atom. The Balaban J connectivity index is 1.91. The lowest BCUT2D eigenvalue weighted by molar-refractivity contribution is -0.175. The van der Waals surface area contributed by atoms with Crippen LogP contribution in [0.4, 0.5) is 5.69 Å². The quantitative estimate of drug-likeness (QED) is 0.338. The van der Waals surface area contributed by atoms with Gasteiger partial charge in [-0.2, -0.15) is 0 Å². The minimum atomic E-state index is -1.25. The van der Waals surface area contributed by atoms with Gasteiger partial charge >= 0.3 is 11.9 Å². The Kier molecular flexibility index (Phi) is 8.46. The largest absolute Gasteiger partial charge is 0.497 e. The maximum atomic E-state index is 13.2. The van der Waals surface area contributed by atoms with E-state index in [1.54, 1.807) is 61.7 Å². The second kappa shape index (κ2) is 11.3. The first-order chi connectivity index (χ1) is 16.3. The number of halogens is 1. The van der Waals surface area contributed by atoms with Crippen LogP contribution in [-0.2, 0) is 28.6 Å². The average molecular weight is 532 g/mol. The van der Waals surface area contributed by atoms with Crippen LogP contribution in [0, 0.1) is 0 Å². The number of anilines is 1. The van der Waals surface area contributed by atoms with E-state index < -0.39 is 36.3 Å². The molecule has 34 heavy (non-hydrogen) atoms. The molecule has 0 saturated carbocycles. The van der Waals surface area contributed by atoms with Gasteiger partial charge in [0.05, 0.1) is 7.11 Å². The van der Waals surface area contributed by atoms with Crippen LogP contribution in [0.3, 0.4) is 0 Å². The number of benzene rings is 2. The van der Waals surface area contributed by atoms with Crippen LogP contribution >= 0.6 is 15.9 Å². The van der Waals surface area contributed by atoms with Crippen molar-refractivity contribution in [1.82, 2.24) is 0 Å². The molecule has 3 rings (SSSR count). The summed E-state index contributed by atoms with van der Waals surface area (Å²) in [6, 6.07) is 14.9. The number of nitrogens with zero attached hydrogens (tertiary/aromatic N) is 1. The van der Waals surface area contributed by atoms with Crippen molar-refractivity contribution in [2.75, 3.05) is 19.1 Å². The van der Waals surface area contributed by atoms with Crippen molar-refractivity contribution < 1.29 is 33.3 Å². The van der Waals surface area contributed by atoms with Crippen molar-refractivity contribution in [3.63, 3.8) is 0 Å². The average Bonchev–Trinajstić information content (AvgIpc) is 2.81. The van der Waals surface area contributed by atoms with Gasteiger partial charge in [-0.25, -0.2) is 4.79 Å². The van der Waals surface area contributed by atoms with E-state index >= 15 is 0 Å². The number of carbonyl (C=O) groups excluding carboxylic acids is 3. The van der Waals surface area contributed by atoms with Crippen molar-refractivity contribution in [3.05, 3.63) is 71.2 Å². The molecule has 1 saturated heterocycles. The lowest BCUT2D eigenvalue weighted by Crippen LogP contribution is -2.70. The van der Waals surface area contributed by atoms with E-state index in [1.807, 2.05) is 0 Å². The van der Waals surface area contributed by atoms with Crippen LogP contribution in [0.2, 0.25) is 0 Å². The van der Waals surface area contributed by atoms with Crippen molar-refractivity contribution in [2.45, 2.75) is 37.7 Å². The number of carbonyl (C=O) groups is 3. The fraction of sp³-hybridized carbons (Fsp3) is 0.320. The zero-order chi connectivity index (χ0) is 24.8. The first-order valence-electron chi connectivity index (χ1n) is 10.5. The van der Waals surface area contributed by atoms with Gasteiger partial charge in [0.25, 0.3) is 5.91 Å². The van der Waals surface area contributed by atoms with Gasteiger partial charge < -0.3 is 23.8 Å². The molecule has 0 radical (unpaired) electrons. The maximum Gasteiger partial charge on any atom is 0.352 e. The Morgan fingerprint density at radius 2 is 1.71 bits per heavy atom. The molecule has 1 heterocycles. The van der Waals surface area contributed by atoms with Gasteiger partial charge in [-0.3, -0.25) is 9.59 Å². The summed E-state index contributed by atoms with van der Waals surface area (Å²) in [6.45, 7) is 5.08. The highest BCUT2D eigenvalue weighted by molar-refractivity contribution is 9.11. The monoisotopic (exact) mass is 531 g/mol. The number of rotatable bonds is 10. The van der Waals surface area contributed by atoms with Crippen molar-refractivity contribution >= 4 is 39.5 Å². The third-order valence-electron chi connectivity index (χ3n) is 5.37. The molecule has 2 aromatic carbocycles. The molecule has 1 aliphatic rings. The van der Waals surface area contributed by atoms with Crippen LogP contribution in [0.5, 0.6) is 5.75 Å². The molecule has 2 aromatic rings. The lowest BCUT2D eigenvalue weighted by Gasteiger charge is -2.49. The van der Waals surface area contributed by atoms with Crippen LogP contribution < -0.4 is 9.64 Å². The number of esters is 2. The molecule has 1 aliphatic heterocycles. The zero-order valence-electron chi connectivity index (χ0n) is 19.1. The molecule has 0 N–H and O–H groups in total. The summed E-state index contributed by atoms with van der Waals surface area (Å²) in [5, 5.41) is 0. The fourth-order valence-corrected chi connectivity index (χ4v) is 4.15. The molecule has 1 amide bonds. The Labute approximate surface area is 206 Å². The first-order valence-corrected chi connectivity index (χ1v) is 11.3. The van der Waals surface area contributed by atoms with Crippen LogP contribution in [-0.4, -0.2) is 50.3 Å². The van der Waals surface area contributed by atoms with Crippen LogP contribution in [0.15, 0.2) is 65.7 Å². The maximum absolute atomic E-state index is 13.2. The molecule has 180 valence electrons. The van der Waals surface area contributed by atoms with E-state index in [0.717, 1.165) is 0 Å². The molecule has 0 spiro atoms. The van der Waals surface area contributed by atoms with Crippen molar-refractivity contribution in [1.29, 1.82) is 0 Å². The Hall–Kier alpha value is -3.17. The highest BCUT2D eigenvalue weighted by Gasteiger charge is 2.54. The van der Waals surface area contributed by atoms with E-state index in [-0.39, 0.29) is 12.3 Å². The Morgan fingerprint density at radius 3 is 2.24 bits per heavy atom. The molecule has 9 heteroatoms. The van der Waals surface area contributed by atoms with Crippen LogP contribution in [0.1, 0.15) is 25.0 Å². The molecule has 0 unspecified atom stereocenters. The molecule has 0 aromatic heterocycles. The third-order valence-corrected chi connectivity index (χ3v) is 5.69. The van der Waals surface area contributed by atoms with E-state index in [4.69, 9.17) is 18.9 Å². The second-order valence-corrected chi connectivity index (χ2v) is 8.77. The zero-order valence-corrected chi connectivity index (χ0v) is 20.7. The van der Waals surface area contributed by atoms with E-state index in [9.17, 15) is 14.4 Å². The van der Waals surface area contributed by atoms with Gasteiger partial charge in [-0.1, -0.05) is 52.8 Å². The number of ether oxygens (including phenoxy) is 4. The predicted octanol–water partition coefficient (Wildman–Crippen LogP) is 3.94. The second-order valence-electron chi connectivity index (χ2n) is 7.65. The van der Waals surface area contributed by atoms with Crippen LogP contribution in [0.25, 0.3) is 0 Å². The van der Waals surface area contributed by atoms with E-state index in [0.29, 0.717) is 21.5 Å².